The summed E-state index contributed by atoms with van der Waals surface area (Å²) < 4.78 is 10.7. The van der Waals surface area contributed by atoms with Crippen LogP contribution < -0.4 is 14.8 Å². The molecule has 114 valence electrons. The molecule has 0 spiro atoms. The van der Waals surface area contributed by atoms with Crippen LogP contribution in [0.15, 0.2) is 18.2 Å². The van der Waals surface area contributed by atoms with Gasteiger partial charge in [0.2, 0.25) is 0 Å². The van der Waals surface area contributed by atoms with Crippen LogP contribution in [0.3, 0.4) is 0 Å². The summed E-state index contributed by atoms with van der Waals surface area (Å²) >= 11 is 1.73. The maximum Gasteiger partial charge on any atom is 0.161 e. The van der Waals surface area contributed by atoms with E-state index in [9.17, 15) is 0 Å². The highest BCUT2D eigenvalue weighted by atomic mass is 32.1. The number of nitrogens with one attached hydrogen (secondary N) is 1. The van der Waals surface area contributed by atoms with Crippen molar-refractivity contribution in [2.24, 2.45) is 0 Å². The molecule has 1 aromatic heterocycles. The lowest BCUT2D eigenvalue weighted by atomic mass is 10.1. The van der Waals surface area contributed by atoms with Gasteiger partial charge in [-0.2, -0.15) is 0 Å². The lowest BCUT2D eigenvalue weighted by Gasteiger charge is -2.08. The summed E-state index contributed by atoms with van der Waals surface area (Å²) in [7, 11) is 3.30. The fraction of sp³-hybridized carbons (Fsp3) is 0.438. The van der Waals surface area contributed by atoms with Crippen molar-refractivity contribution in [1.82, 2.24) is 10.3 Å². The van der Waals surface area contributed by atoms with Crippen LogP contribution in [0.1, 0.15) is 24.0 Å². The number of rotatable bonds is 7. The molecular formula is C16H22N2O2S. The molecule has 0 aliphatic carbocycles. The van der Waals surface area contributed by atoms with Crippen LogP contribution >= 0.6 is 11.3 Å². The van der Waals surface area contributed by atoms with Crippen LogP contribution in [0.25, 0.3) is 10.4 Å². The Morgan fingerprint density at radius 3 is 2.62 bits per heavy atom. The number of hydrogen-bond acceptors (Lipinski definition) is 5. The van der Waals surface area contributed by atoms with Crippen LogP contribution in [-0.2, 0) is 6.54 Å². The molecule has 2 aromatic rings. The fourth-order valence-electron chi connectivity index (χ4n) is 2.15. The minimum absolute atomic E-state index is 0.744. The molecule has 1 aromatic carbocycles. The predicted octanol–water partition coefficient (Wildman–Crippen LogP) is 3.64. The molecule has 21 heavy (non-hydrogen) atoms. The van der Waals surface area contributed by atoms with Crippen molar-refractivity contribution < 1.29 is 9.47 Å². The molecule has 1 heterocycles. The van der Waals surface area contributed by atoms with Gasteiger partial charge in [-0.15, -0.1) is 11.3 Å². The molecule has 0 unspecified atom stereocenters. The zero-order chi connectivity index (χ0) is 15.2. The number of benzene rings is 1. The van der Waals surface area contributed by atoms with Crippen molar-refractivity contribution in [1.29, 1.82) is 0 Å². The van der Waals surface area contributed by atoms with E-state index in [4.69, 9.17) is 9.47 Å². The largest absolute Gasteiger partial charge is 0.493 e. The first kappa shape index (κ1) is 15.8. The topological polar surface area (TPSA) is 43.4 Å². The number of hydrogen-bond donors (Lipinski definition) is 1. The van der Waals surface area contributed by atoms with Crippen molar-refractivity contribution in [3.8, 4) is 21.9 Å². The standard InChI is InChI=1S/C16H22N2O2S/c1-5-8-17-10-15-18-11(2)16(21-15)12-6-7-13(19-3)14(9-12)20-4/h6-7,9,17H,5,8,10H2,1-4H3. The Balaban J connectivity index is 2.25. The summed E-state index contributed by atoms with van der Waals surface area (Å²) in [5.74, 6) is 1.49. The number of nitrogens with zero attached hydrogens (tertiary/aromatic N) is 1. The second-order valence-electron chi connectivity index (χ2n) is 4.77. The first-order chi connectivity index (χ1) is 10.2. The summed E-state index contributed by atoms with van der Waals surface area (Å²) in [5, 5.41) is 4.50. The Bertz CT molecular complexity index is 596. The summed E-state index contributed by atoms with van der Waals surface area (Å²) in [6.45, 7) is 6.05. The summed E-state index contributed by atoms with van der Waals surface area (Å²) in [6, 6.07) is 5.98. The first-order valence-corrected chi connectivity index (χ1v) is 7.90. The first-order valence-electron chi connectivity index (χ1n) is 7.09. The zero-order valence-electron chi connectivity index (χ0n) is 13.0. The number of methoxy groups -OCH3 is 2. The van der Waals surface area contributed by atoms with Gasteiger partial charge in [0.25, 0.3) is 0 Å². The molecule has 2 rings (SSSR count). The molecule has 0 saturated heterocycles. The molecule has 0 aliphatic rings. The van der Waals surface area contributed by atoms with Crippen LogP contribution in [-0.4, -0.2) is 25.7 Å². The third kappa shape index (κ3) is 3.74. The normalized spacial score (nSPS) is 10.7. The molecule has 4 nitrogen and oxygen atoms in total. The third-order valence-electron chi connectivity index (χ3n) is 3.19. The van der Waals surface area contributed by atoms with E-state index in [2.05, 4.69) is 17.2 Å². The Morgan fingerprint density at radius 1 is 1.19 bits per heavy atom. The van der Waals surface area contributed by atoms with E-state index in [0.29, 0.717) is 0 Å². The third-order valence-corrected chi connectivity index (χ3v) is 4.40. The summed E-state index contributed by atoms with van der Waals surface area (Å²) in [4.78, 5) is 5.83. The maximum absolute atomic E-state index is 5.37. The molecule has 0 amide bonds. The van der Waals surface area contributed by atoms with Crippen molar-refractivity contribution >= 4 is 11.3 Å². The Morgan fingerprint density at radius 2 is 1.95 bits per heavy atom. The molecule has 1 N–H and O–H groups in total. The smallest absolute Gasteiger partial charge is 0.161 e. The molecule has 0 saturated carbocycles. The maximum atomic E-state index is 5.37. The number of aromatic nitrogens is 1. The van der Waals surface area contributed by atoms with Crippen molar-refractivity contribution in [2.75, 3.05) is 20.8 Å². The van der Waals surface area contributed by atoms with Gasteiger partial charge in [-0.05, 0) is 43.7 Å². The average Bonchev–Trinajstić information content (AvgIpc) is 2.87. The number of aryl methyl sites for hydroxylation is 1. The lowest BCUT2D eigenvalue weighted by molar-refractivity contribution is 0.355. The Labute approximate surface area is 130 Å². The van der Waals surface area contributed by atoms with E-state index >= 15 is 0 Å². The zero-order valence-corrected chi connectivity index (χ0v) is 13.8. The van der Waals surface area contributed by atoms with Crippen LogP contribution in [0.5, 0.6) is 11.5 Å². The predicted molar refractivity (Wildman–Crippen MR) is 87.4 cm³/mol. The molecular weight excluding hydrogens is 284 g/mol. The molecule has 5 heteroatoms. The molecule has 0 atom stereocenters. The lowest BCUT2D eigenvalue weighted by Crippen LogP contribution is -2.13. The van der Waals surface area contributed by atoms with E-state index in [1.807, 2.05) is 25.1 Å². The number of ether oxygens (including phenoxy) is 2. The van der Waals surface area contributed by atoms with Crippen molar-refractivity contribution in [2.45, 2.75) is 26.8 Å². The average molecular weight is 306 g/mol. The van der Waals surface area contributed by atoms with Gasteiger partial charge in [0.1, 0.15) is 5.01 Å². The van der Waals surface area contributed by atoms with E-state index in [1.54, 1.807) is 25.6 Å². The van der Waals surface area contributed by atoms with Crippen LogP contribution in [0.4, 0.5) is 0 Å². The Hall–Kier alpha value is -1.59. The number of thiazole rings is 1. The quantitative estimate of drug-likeness (QED) is 0.793. The van der Waals surface area contributed by atoms with E-state index < -0.39 is 0 Å². The highest BCUT2D eigenvalue weighted by Gasteiger charge is 2.12. The van der Waals surface area contributed by atoms with E-state index in [0.717, 1.165) is 47.3 Å². The van der Waals surface area contributed by atoms with E-state index in [1.165, 1.54) is 4.88 Å². The second-order valence-corrected chi connectivity index (χ2v) is 5.85. The van der Waals surface area contributed by atoms with E-state index in [-0.39, 0.29) is 0 Å². The van der Waals surface area contributed by atoms with Gasteiger partial charge >= 0.3 is 0 Å². The van der Waals surface area contributed by atoms with Crippen molar-refractivity contribution in [3.63, 3.8) is 0 Å². The monoisotopic (exact) mass is 306 g/mol. The SMILES string of the molecule is CCCNCc1nc(C)c(-c2ccc(OC)c(OC)c2)s1. The van der Waals surface area contributed by atoms with Gasteiger partial charge in [0, 0.05) is 6.54 Å². The van der Waals surface area contributed by atoms with Gasteiger partial charge in [-0.1, -0.05) is 6.92 Å². The molecule has 0 fully saturated rings. The van der Waals surface area contributed by atoms with Gasteiger partial charge in [0.05, 0.1) is 24.8 Å². The fourth-order valence-corrected chi connectivity index (χ4v) is 3.18. The van der Waals surface area contributed by atoms with Gasteiger partial charge < -0.3 is 14.8 Å². The molecule has 0 radical (unpaired) electrons. The molecule has 0 bridgehead atoms. The minimum Gasteiger partial charge on any atom is -0.493 e. The van der Waals surface area contributed by atoms with Gasteiger partial charge in [-0.3, -0.25) is 0 Å². The van der Waals surface area contributed by atoms with Gasteiger partial charge in [0.15, 0.2) is 11.5 Å². The van der Waals surface area contributed by atoms with Gasteiger partial charge in [-0.25, -0.2) is 4.98 Å². The molecule has 0 aliphatic heterocycles. The van der Waals surface area contributed by atoms with Crippen LogP contribution in [0.2, 0.25) is 0 Å². The Kier molecular flexibility index (Phi) is 5.59. The minimum atomic E-state index is 0.744. The summed E-state index contributed by atoms with van der Waals surface area (Å²) in [6.07, 6.45) is 1.13. The highest BCUT2D eigenvalue weighted by Crippen LogP contribution is 2.36. The van der Waals surface area contributed by atoms with Crippen molar-refractivity contribution in [3.05, 3.63) is 28.9 Å². The van der Waals surface area contributed by atoms with Crippen LogP contribution in [0, 0.1) is 6.92 Å². The summed E-state index contributed by atoms with van der Waals surface area (Å²) in [5.41, 5.74) is 2.17. The highest BCUT2D eigenvalue weighted by molar-refractivity contribution is 7.15. The second kappa shape index (κ2) is 7.43.